The molecule has 5 heteroatoms. The first-order valence-electron chi connectivity index (χ1n) is 2.02. The van der Waals surface area contributed by atoms with Crippen LogP contribution in [0.1, 0.15) is 0 Å². The van der Waals surface area contributed by atoms with Gasteiger partial charge < -0.3 is 10.8 Å². The number of nitrogens with one attached hydrogen (secondary N) is 1. The lowest BCUT2D eigenvalue weighted by atomic mass is 10.6. The molecule has 44 valence electrons. The van der Waals surface area contributed by atoms with Crippen LogP contribution in [0.4, 0.5) is 0 Å². The van der Waals surface area contributed by atoms with Gasteiger partial charge in [-0.2, -0.15) is 0 Å². The van der Waals surface area contributed by atoms with Gasteiger partial charge in [0.1, 0.15) is 0 Å². The zero-order chi connectivity index (χ0) is 6.15. The Kier molecular flexibility index (Phi) is 0.911. The molecule has 0 radical (unpaired) electrons. The van der Waals surface area contributed by atoms with Crippen LogP contribution >= 0.6 is 0 Å². The van der Waals surface area contributed by atoms with Crippen molar-refractivity contribution in [1.29, 1.82) is 0 Å². The van der Waals surface area contributed by atoms with E-state index in [1.807, 2.05) is 0 Å². The van der Waals surface area contributed by atoms with Crippen molar-refractivity contribution >= 4 is 11.9 Å². The largest absolute Gasteiger partial charge is 0.370 e. The lowest BCUT2D eigenvalue weighted by Gasteiger charge is -1.88. The van der Waals surface area contributed by atoms with Gasteiger partial charge in [-0.25, -0.2) is 4.99 Å². The van der Waals surface area contributed by atoms with Crippen LogP contribution in [-0.4, -0.2) is 23.2 Å². The van der Waals surface area contributed by atoms with E-state index in [9.17, 15) is 4.79 Å². The smallest absolute Gasteiger partial charge is 0.278 e. The molecular weight excluding hydrogens is 110 g/mol. The molecule has 0 aromatic heterocycles. The number of carbonyl (C=O) groups is 1. The van der Waals surface area contributed by atoms with Crippen molar-refractivity contribution in [2.75, 3.05) is 0 Å². The fourth-order valence-corrected chi connectivity index (χ4v) is 0.413. The summed E-state index contributed by atoms with van der Waals surface area (Å²) in [6, 6.07) is 0. The van der Waals surface area contributed by atoms with Gasteiger partial charge in [-0.3, -0.25) is 10.1 Å². The summed E-state index contributed by atoms with van der Waals surface area (Å²) >= 11 is 0. The van der Waals surface area contributed by atoms with E-state index in [0.717, 1.165) is 0 Å². The van der Waals surface area contributed by atoms with E-state index in [2.05, 4.69) is 10.3 Å². The van der Waals surface area contributed by atoms with Crippen molar-refractivity contribution in [2.45, 2.75) is 6.23 Å². The molecule has 0 aliphatic carbocycles. The number of nitrogens with zero attached hydrogens (tertiary/aromatic N) is 1. The molecule has 8 heavy (non-hydrogen) atoms. The van der Waals surface area contributed by atoms with Crippen LogP contribution in [0.25, 0.3) is 0 Å². The van der Waals surface area contributed by atoms with Gasteiger partial charge in [0.25, 0.3) is 5.91 Å². The Morgan fingerprint density at radius 1 is 1.88 bits per heavy atom. The lowest BCUT2D eigenvalue weighted by molar-refractivity contribution is -0.126. The number of aliphatic imine (C=N–C) groups is 1. The third-order valence-corrected chi connectivity index (χ3v) is 0.747. The predicted molar refractivity (Wildman–Crippen MR) is 25.8 cm³/mol. The fraction of sp³-hybridized carbons (Fsp3) is 0.333. The van der Waals surface area contributed by atoms with Gasteiger partial charge >= 0.3 is 0 Å². The maximum absolute atomic E-state index is 10.2. The fourth-order valence-electron chi connectivity index (χ4n) is 0.413. The molecule has 1 amide bonds. The van der Waals surface area contributed by atoms with Crippen molar-refractivity contribution in [2.24, 2.45) is 10.7 Å². The molecule has 1 heterocycles. The van der Waals surface area contributed by atoms with Crippen LogP contribution < -0.4 is 11.1 Å². The number of guanidine groups is 1. The highest BCUT2D eigenvalue weighted by molar-refractivity contribution is 6.03. The summed E-state index contributed by atoms with van der Waals surface area (Å²) in [5.74, 6) is -0.593. The van der Waals surface area contributed by atoms with Crippen LogP contribution in [0.5, 0.6) is 0 Å². The van der Waals surface area contributed by atoms with E-state index in [4.69, 9.17) is 10.8 Å². The molecule has 0 saturated carbocycles. The first kappa shape index (κ1) is 5.04. The number of aliphatic hydroxyl groups is 1. The second-order valence-corrected chi connectivity index (χ2v) is 1.38. The van der Waals surface area contributed by atoms with E-state index in [1.165, 1.54) is 0 Å². The highest BCUT2D eigenvalue weighted by atomic mass is 16.3. The maximum atomic E-state index is 10.2. The zero-order valence-electron chi connectivity index (χ0n) is 3.96. The molecule has 0 aromatic carbocycles. The number of nitrogens with two attached hydrogens (primary N) is 1. The number of hydrogen-bond donors (Lipinski definition) is 3. The highest BCUT2D eigenvalue weighted by Crippen LogP contribution is 1.90. The van der Waals surface area contributed by atoms with Crippen molar-refractivity contribution < 1.29 is 9.90 Å². The molecule has 1 unspecified atom stereocenters. The van der Waals surface area contributed by atoms with Gasteiger partial charge in [0.2, 0.25) is 6.23 Å². The van der Waals surface area contributed by atoms with E-state index in [-0.39, 0.29) is 5.96 Å². The number of aliphatic hydroxyl groups excluding tert-OH is 1. The third kappa shape index (κ3) is 0.627. The molecule has 0 spiro atoms. The normalized spacial score (nSPS) is 27.4. The van der Waals surface area contributed by atoms with E-state index in [1.54, 1.807) is 0 Å². The number of rotatable bonds is 0. The summed E-state index contributed by atoms with van der Waals surface area (Å²) in [5, 5.41) is 10.6. The van der Waals surface area contributed by atoms with Crippen LogP contribution in [-0.2, 0) is 4.79 Å². The Morgan fingerprint density at radius 3 is 2.62 bits per heavy atom. The Morgan fingerprint density at radius 2 is 2.50 bits per heavy atom. The summed E-state index contributed by atoms with van der Waals surface area (Å²) in [5.41, 5.74) is 4.97. The summed E-state index contributed by atoms with van der Waals surface area (Å²) in [7, 11) is 0. The molecular formula is C3H5N3O2. The molecule has 0 saturated heterocycles. The standard InChI is InChI=1S/C3H5N3O2/c4-3-5-1(7)2(8)6-3/h1,7H,(H3,4,5,6,8). The van der Waals surface area contributed by atoms with Crippen molar-refractivity contribution in [3.05, 3.63) is 0 Å². The average molecular weight is 115 g/mol. The topological polar surface area (TPSA) is 87.7 Å². The molecule has 5 nitrogen and oxygen atoms in total. The molecule has 0 aromatic rings. The first-order chi connectivity index (χ1) is 3.70. The predicted octanol–water partition coefficient (Wildman–Crippen LogP) is -2.25. The maximum Gasteiger partial charge on any atom is 0.278 e. The summed E-state index contributed by atoms with van der Waals surface area (Å²) in [6.45, 7) is 0. The summed E-state index contributed by atoms with van der Waals surface area (Å²) < 4.78 is 0. The SMILES string of the molecule is NC1=NC(O)C(=O)N1. The number of carbonyl (C=O) groups excluding carboxylic acids is 1. The molecule has 0 bridgehead atoms. The van der Waals surface area contributed by atoms with Gasteiger partial charge in [0.15, 0.2) is 5.96 Å². The van der Waals surface area contributed by atoms with Gasteiger partial charge in [-0.15, -0.1) is 0 Å². The van der Waals surface area contributed by atoms with Crippen molar-refractivity contribution in [3.63, 3.8) is 0 Å². The Hall–Kier alpha value is -1.10. The number of amides is 1. The van der Waals surface area contributed by atoms with Crippen LogP contribution in [0, 0.1) is 0 Å². The second kappa shape index (κ2) is 1.45. The molecule has 0 fully saturated rings. The van der Waals surface area contributed by atoms with Crippen LogP contribution in [0.15, 0.2) is 4.99 Å². The first-order valence-corrected chi connectivity index (χ1v) is 2.02. The quantitative estimate of drug-likeness (QED) is 0.333. The van der Waals surface area contributed by atoms with Crippen molar-refractivity contribution in [1.82, 2.24) is 5.32 Å². The van der Waals surface area contributed by atoms with E-state index in [0.29, 0.717) is 0 Å². The minimum absolute atomic E-state index is 0.0255. The molecule has 1 aliphatic rings. The van der Waals surface area contributed by atoms with Gasteiger partial charge in [-0.05, 0) is 0 Å². The van der Waals surface area contributed by atoms with Crippen LogP contribution in [0.2, 0.25) is 0 Å². The molecule has 1 atom stereocenters. The Balaban J connectivity index is 2.69. The molecule has 1 aliphatic heterocycles. The monoisotopic (exact) mass is 115 g/mol. The third-order valence-electron chi connectivity index (χ3n) is 0.747. The van der Waals surface area contributed by atoms with Crippen molar-refractivity contribution in [3.8, 4) is 0 Å². The van der Waals surface area contributed by atoms with Gasteiger partial charge in [-0.1, -0.05) is 0 Å². The molecule has 4 N–H and O–H groups in total. The van der Waals surface area contributed by atoms with Crippen LogP contribution in [0.3, 0.4) is 0 Å². The Labute approximate surface area is 45.2 Å². The highest BCUT2D eigenvalue weighted by Gasteiger charge is 2.20. The summed E-state index contributed by atoms with van der Waals surface area (Å²) in [4.78, 5) is 13.5. The minimum atomic E-state index is -1.30. The minimum Gasteiger partial charge on any atom is -0.370 e. The van der Waals surface area contributed by atoms with Gasteiger partial charge in [0, 0.05) is 0 Å². The van der Waals surface area contributed by atoms with Gasteiger partial charge in [0.05, 0.1) is 0 Å². The Bertz CT molecular complexity index is 153. The van der Waals surface area contributed by atoms with E-state index < -0.39 is 12.1 Å². The number of hydrogen-bond acceptors (Lipinski definition) is 4. The average Bonchev–Trinajstić information content (AvgIpc) is 1.85. The zero-order valence-corrected chi connectivity index (χ0v) is 3.96. The van der Waals surface area contributed by atoms with E-state index >= 15 is 0 Å². The summed E-state index contributed by atoms with van der Waals surface area (Å²) in [6.07, 6.45) is -1.30. The molecule has 1 rings (SSSR count). The second-order valence-electron chi connectivity index (χ2n) is 1.38. The lowest BCUT2D eigenvalue weighted by Crippen LogP contribution is -2.32.